The van der Waals surface area contributed by atoms with Gasteiger partial charge in [-0.15, -0.1) is 0 Å². The predicted molar refractivity (Wildman–Crippen MR) is 49.9 cm³/mol. The molecular weight excluding hydrogens is 180 g/mol. The smallest absolute Gasteiger partial charge is 0.135 e. The number of anilines is 2. The van der Waals surface area contributed by atoms with Crippen molar-refractivity contribution in [1.29, 1.82) is 10.5 Å². The molecule has 0 fully saturated rings. The lowest BCUT2D eigenvalue weighted by Crippen LogP contribution is -2.24. The van der Waals surface area contributed by atoms with E-state index in [0.29, 0.717) is 11.6 Å². The van der Waals surface area contributed by atoms with Crippen LogP contribution in [0.3, 0.4) is 0 Å². The molecular formula is C8H8N6. The molecule has 0 amide bonds. The summed E-state index contributed by atoms with van der Waals surface area (Å²) in [4.78, 5) is 9.14. The average molecular weight is 188 g/mol. The first-order valence-corrected chi connectivity index (χ1v) is 3.84. The summed E-state index contributed by atoms with van der Waals surface area (Å²) in [5.74, 6) is 0.802. The topological polar surface area (TPSA) is 103 Å². The zero-order valence-electron chi connectivity index (χ0n) is 7.38. The van der Waals surface area contributed by atoms with Gasteiger partial charge in [-0.2, -0.15) is 10.5 Å². The number of nitrogens with two attached hydrogens (primary N) is 1. The van der Waals surface area contributed by atoms with Gasteiger partial charge in [0.15, 0.2) is 0 Å². The van der Waals surface area contributed by atoms with Gasteiger partial charge in [0.25, 0.3) is 0 Å². The first-order valence-electron chi connectivity index (χ1n) is 3.84. The van der Waals surface area contributed by atoms with Crippen LogP contribution in [0.4, 0.5) is 11.6 Å². The summed E-state index contributed by atoms with van der Waals surface area (Å²) in [6, 6.07) is 5.41. The third kappa shape index (κ3) is 2.32. The number of aromatic nitrogens is 2. The minimum Gasteiger partial charge on any atom is -0.384 e. The van der Waals surface area contributed by atoms with Gasteiger partial charge in [0.05, 0.1) is 12.1 Å². The molecule has 1 rings (SSSR count). The largest absolute Gasteiger partial charge is 0.384 e. The van der Waals surface area contributed by atoms with Gasteiger partial charge >= 0.3 is 0 Å². The monoisotopic (exact) mass is 188 g/mol. The summed E-state index contributed by atoms with van der Waals surface area (Å²) in [6.07, 6.45) is 1.30. The van der Waals surface area contributed by atoms with Gasteiger partial charge in [-0.25, -0.2) is 9.97 Å². The Hall–Kier alpha value is -2.34. The van der Waals surface area contributed by atoms with Crippen LogP contribution in [0.5, 0.6) is 0 Å². The molecule has 0 aliphatic carbocycles. The van der Waals surface area contributed by atoms with E-state index in [1.807, 2.05) is 12.1 Å². The molecule has 0 radical (unpaired) electrons. The minimum absolute atomic E-state index is 0.101. The molecule has 0 aromatic carbocycles. The molecule has 0 saturated heterocycles. The molecule has 1 aromatic heterocycles. The maximum Gasteiger partial charge on any atom is 0.135 e. The molecule has 0 spiro atoms. The van der Waals surface area contributed by atoms with E-state index in [1.54, 1.807) is 0 Å². The summed E-state index contributed by atoms with van der Waals surface area (Å²) in [5, 5.41) is 17.0. The van der Waals surface area contributed by atoms with E-state index in [0.717, 1.165) is 0 Å². The molecule has 2 N–H and O–H groups in total. The average Bonchev–Trinajstić information content (AvgIpc) is 2.17. The highest BCUT2D eigenvalue weighted by atomic mass is 15.2. The molecule has 0 aliphatic heterocycles. The van der Waals surface area contributed by atoms with E-state index in [4.69, 9.17) is 16.3 Å². The van der Waals surface area contributed by atoms with Crippen LogP contribution in [0.25, 0.3) is 0 Å². The summed E-state index contributed by atoms with van der Waals surface area (Å²) >= 11 is 0. The number of rotatable bonds is 3. The van der Waals surface area contributed by atoms with Crippen molar-refractivity contribution in [3.05, 3.63) is 12.4 Å². The molecule has 0 saturated carbocycles. The zero-order valence-corrected chi connectivity index (χ0v) is 7.38. The van der Waals surface area contributed by atoms with E-state index >= 15 is 0 Å². The third-order valence-corrected chi connectivity index (χ3v) is 1.52. The minimum atomic E-state index is 0.101. The van der Waals surface area contributed by atoms with Gasteiger partial charge in [-0.05, 0) is 0 Å². The summed E-state index contributed by atoms with van der Waals surface area (Å²) in [5.41, 5.74) is 5.45. The van der Waals surface area contributed by atoms with Crippen LogP contribution >= 0.6 is 0 Å². The lowest BCUT2D eigenvalue weighted by atomic mass is 10.4. The van der Waals surface area contributed by atoms with Gasteiger partial charge in [0.1, 0.15) is 31.1 Å². The Kier molecular flexibility index (Phi) is 3.22. The van der Waals surface area contributed by atoms with E-state index in [9.17, 15) is 0 Å². The maximum absolute atomic E-state index is 8.52. The van der Waals surface area contributed by atoms with Crippen LogP contribution in [0.2, 0.25) is 0 Å². The maximum atomic E-state index is 8.52. The van der Waals surface area contributed by atoms with Crippen LogP contribution in [0, 0.1) is 22.7 Å². The molecule has 1 heterocycles. The highest BCUT2D eigenvalue weighted by Gasteiger charge is 2.06. The Morgan fingerprint density at radius 2 is 1.93 bits per heavy atom. The lowest BCUT2D eigenvalue weighted by Gasteiger charge is -2.16. The number of hydrogen-bond donors (Lipinski definition) is 1. The molecule has 0 bridgehead atoms. The predicted octanol–water partition coefficient (Wildman–Crippen LogP) is -0.0876. The van der Waals surface area contributed by atoms with Crippen molar-refractivity contribution in [2.75, 3.05) is 23.7 Å². The van der Waals surface area contributed by atoms with Gasteiger partial charge in [-0.1, -0.05) is 0 Å². The Bertz CT molecular complexity index is 372. The van der Waals surface area contributed by atoms with Crippen LogP contribution in [-0.2, 0) is 0 Å². The first kappa shape index (κ1) is 9.75. The SMILES string of the molecule is N#CCN(CC#N)c1cc(N)ncn1. The molecule has 0 atom stereocenters. The van der Waals surface area contributed by atoms with Crippen molar-refractivity contribution in [2.24, 2.45) is 0 Å². The molecule has 0 unspecified atom stereocenters. The van der Waals surface area contributed by atoms with Crippen molar-refractivity contribution in [1.82, 2.24) is 9.97 Å². The van der Waals surface area contributed by atoms with Crippen LogP contribution in [0.1, 0.15) is 0 Å². The summed E-state index contributed by atoms with van der Waals surface area (Å²) < 4.78 is 0. The Morgan fingerprint density at radius 3 is 2.43 bits per heavy atom. The lowest BCUT2D eigenvalue weighted by molar-refractivity contribution is 0.927. The van der Waals surface area contributed by atoms with E-state index in [-0.39, 0.29) is 13.1 Å². The van der Waals surface area contributed by atoms with Crippen LogP contribution < -0.4 is 10.6 Å². The Labute approximate surface area is 81.2 Å². The molecule has 0 aliphatic rings. The normalized spacial score (nSPS) is 8.71. The van der Waals surface area contributed by atoms with Crippen molar-refractivity contribution in [2.45, 2.75) is 0 Å². The van der Waals surface area contributed by atoms with Crippen molar-refractivity contribution in [3.63, 3.8) is 0 Å². The number of hydrogen-bond acceptors (Lipinski definition) is 6. The van der Waals surface area contributed by atoms with E-state index in [2.05, 4.69) is 9.97 Å². The highest BCUT2D eigenvalue weighted by Crippen LogP contribution is 2.10. The molecule has 14 heavy (non-hydrogen) atoms. The molecule has 6 heteroatoms. The second kappa shape index (κ2) is 4.63. The Morgan fingerprint density at radius 1 is 1.29 bits per heavy atom. The van der Waals surface area contributed by atoms with Crippen molar-refractivity contribution >= 4 is 11.6 Å². The van der Waals surface area contributed by atoms with Crippen LogP contribution in [0.15, 0.2) is 12.4 Å². The van der Waals surface area contributed by atoms with E-state index in [1.165, 1.54) is 17.3 Å². The summed E-state index contributed by atoms with van der Waals surface area (Å²) in [6.45, 7) is 0.202. The number of nitrogens with zero attached hydrogens (tertiary/aromatic N) is 5. The third-order valence-electron chi connectivity index (χ3n) is 1.52. The second-order valence-corrected chi connectivity index (χ2v) is 2.47. The fourth-order valence-corrected chi connectivity index (χ4v) is 0.923. The van der Waals surface area contributed by atoms with Gasteiger partial charge in [0, 0.05) is 6.07 Å². The molecule has 70 valence electrons. The quantitative estimate of drug-likeness (QED) is 0.665. The van der Waals surface area contributed by atoms with Crippen molar-refractivity contribution < 1.29 is 0 Å². The van der Waals surface area contributed by atoms with Gasteiger partial charge in [0.2, 0.25) is 0 Å². The van der Waals surface area contributed by atoms with Gasteiger partial charge in [-0.3, -0.25) is 0 Å². The highest BCUT2D eigenvalue weighted by molar-refractivity contribution is 5.47. The second-order valence-electron chi connectivity index (χ2n) is 2.47. The molecule has 1 aromatic rings. The molecule has 6 nitrogen and oxygen atoms in total. The summed E-state index contributed by atoms with van der Waals surface area (Å²) in [7, 11) is 0. The first-order chi connectivity index (χ1) is 6.77. The number of nitriles is 2. The van der Waals surface area contributed by atoms with Crippen LogP contribution in [-0.4, -0.2) is 23.1 Å². The Balaban J connectivity index is 2.89. The number of nitrogen functional groups attached to an aromatic ring is 1. The standard InChI is InChI=1S/C8H8N6/c9-1-3-14(4-2-10)8-5-7(11)12-6-13-8/h5-6H,3-4H2,(H2,11,12,13). The zero-order chi connectivity index (χ0) is 10.4. The fraction of sp³-hybridized carbons (Fsp3) is 0.250. The fourth-order valence-electron chi connectivity index (χ4n) is 0.923. The van der Waals surface area contributed by atoms with Crippen molar-refractivity contribution in [3.8, 4) is 12.1 Å². The van der Waals surface area contributed by atoms with E-state index < -0.39 is 0 Å². The van der Waals surface area contributed by atoms with Gasteiger partial charge < -0.3 is 10.6 Å².